The van der Waals surface area contributed by atoms with Gasteiger partial charge >= 0.3 is 12.1 Å². The second-order valence-corrected chi connectivity index (χ2v) is 3.40. The van der Waals surface area contributed by atoms with Crippen molar-refractivity contribution in [3.63, 3.8) is 0 Å². The first-order valence-electron chi connectivity index (χ1n) is 3.68. The number of carbonyl (C=O) groups is 1. The average Bonchev–Trinajstić information content (AvgIpc) is 2.50. The van der Waals surface area contributed by atoms with E-state index in [0.29, 0.717) is 4.90 Å². The van der Waals surface area contributed by atoms with E-state index in [1.54, 1.807) is 0 Å². The summed E-state index contributed by atoms with van der Waals surface area (Å²) >= 11 is 0.854. The summed E-state index contributed by atoms with van der Waals surface area (Å²) in [6.45, 7) is -2.11. The number of carboxylic acids is 1. The number of anilines is 1. The lowest BCUT2D eigenvalue weighted by atomic mass is 10.5. The molecule has 0 atom stereocenters. The molecule has 1 heterocycles. The molecule has 0 amide bonds. The number of rotatable bonds is 4. The molecule has 1 N–H and O–H groups in total. The molecule has 5 nitrogen and oxygen atoms in total. The van der Waals surface area contributed by atoms with Crippen molar-refractivity contribution >= 4 is 22.4 Å². The maximum atomic E-state index is 12.1. The third-order valence-corrected chi connectivity index (χ3v) is 2.07. The van der Waals surface area contributed by atoms with Crippen molar-refractivity contribution in [1.82, 2.24) is 10.2 Å². The van der Waals surface area contributed by atoms with Crippen LogP contribution in [0.1, 0.15) is 0 Å². The third kappa shape index (κ3) is 4.11. The van der Waals surface area contributed by atoms with Crippen molar-refractivity contribution in [2.45, 2.75) is 6.18 Å². The van der Waals surface area contributed by atoms with Crippen molar-refractivity contribution in [2.75, 3.05) is 18.0 Å². The Balaban J connectivity index is 2.75. The fourth-order valence-electron chi connectivity index (χ4n) is 0.876. The highest BCUT2D eigenvalue weighted by Gasteiger charge is 2.32. The number of hydrogen-bond donors (Lipinski definition) is 1. The van der Waals surface area contributed by atoms with Crippen LogP contribution >= 0.6 is 11.3 Å². The fourth-order valence-corrected chi connectivity index (χ4v) is 1.44. The molecule has 0 unspecified atom stereocenters. The quantitative estimate of drug-likeness (QED) is 0.851. The van der Waals surface area contributed by atoms with Crippen molar-refractivity contribution in [3.8, 4) is 0 Å². The van der Waals surface area contributed by atoms with Crippen molar-refractivity contribution in [1.29, 1.82) is 0 Å². The number of aromatic nitrogens is 2. The predicted octanol–water partition coefficient (Wildman–Crippen LogP) is 0.991. The second kappa shape index (κ2) is 4.43. The van der Waals surface area contributed by atoms with Crippen LogP contribution in [-0.4, -0.2) is 40.5 Å². The van der Waals surface area contributed by atoms with E-state index in [-0.39, 0.29) is 5.13 Å². The summed E-state index contributed by atoms with van der Waals surface area (Å²) in [5.74, 6) is -1.35. The van der Waals surface area contributed by atoms with Crippen LogP contribution in [0.3, 0.4) is 0 Å². The zero-order valence-corrected chi connectivity index (χ0v) is 8.05. The standard InChI is InChI=1S/C6H6F3N3O2S/c7-6(8,9)2-12(1-4(13)14)5-11-10-3-15-5/h3H,1-2H2,(H,13,14). The molecule has 1 aromatic heterocycles. The van der Waals surface area contributed by atoms with E-state index in [9.17, 15) is 18.0 Å². The van der Waals surface area contributed by atoms with Crippen LogP contribution in [0.4, 0.5) is 18.3 Å². The number of alkyl halides is 3. The number of nitrogens with zero attached hydrogens (tertiary/aromatic N) is 3. The first-order valence-corrected chi connectivity index (χ1v) is 4.56. The number of carboxylic acid groups (broad SMARTS) is 1. The van der Waals surface area contributed by atoms with Gasteiger partial charge in [0, 0.05) is 0 Å². The Labute approximate surface area is 86.2 Å². The van der Waals surface area contributed by atoms with Crippen LogP contribution in [0.15, 0.2) is 5.51 Å². The molecule has 0 aliphatic rings. The van der Waals surface area contributed by atoms with Crippen LogP contribution in [0, 0.1) is 0 Å². The van der Waals surface area contributed by atoms with Gasteiger partial charge in [0.25, 0.3) is 0 Å². The highest BCUT2D eigenvalue weighted by molar-refractivity contribution is 7.13. The van der Waals surface area contributed by atoms with Gasteiger partial charge in [0.05, 0.1) is 0 Å². The molecular formula is C6H6F3N3O2S. The first kappa shape index (κ1) is 11.7. The highest BCUT2D eigenvalue weighted by Crippen LogP contribution is 2.22. The van der Waals surface area contributed by atoms with Gasteiger partial charge in [-0.25, -0.2) is 0 Å². The molecule has 15 heavy (non-hydrogen) atoms. The summed E-state index contributed by atoms with van der Waals surface area (Å²) in [5, 5.41) is 15.1. The second-order valence-electron chi connectivity index (χ2n) is 2.59. The molecular weight excluding hydrogens is 235 g/mol. The van der Waals surface area contributed by atoms with Gasteiger partial charge in [-0.1, -0.05) is 11.3 Å². The molecule has 0 aliphatic carbocycles. The molecule has 0 saturated carbocycles. The minimum atomic E-state index is -4.47. The van der Waals surface area contributed by atoms with Crippen LogP contribution < -0.4 is 4.90 Å². The summed E-state index contributed by atoms with van der Waals surface area (Å²) < 4.78 is 36.2. The lowest BCUT2D eigenvalue weighted by Crippen LogP contribution is -2.37. The molecule has 0 aliphatic heterocycles. The Kier molecular flexibility index (Phi) is 3.45. The van der Waals surface area contributed by atoms with Crippen LogP contribution in [0.5, 0.6) is 0 Å². The molecule has 0 aromatic carbocycles. The largest absolute Gasteiger partial charge is 0.480 e. The summed E-state index contributed by atoms with van der Waals surface area (Å²) in [4.78, 5) is 10.9. The monoisotopic (exact) mass is 241 g/mol. The summed E-state index contributed by atoms with van der Waals surface area (Å²) in [5.41, 5.74) is 1.24. The molecule has 9 heteroatoms. The van der Waals surface area contributed by atoms with Crippen molar-refractivity contribution in [3.05, 3.63) is 5.51 Å². The van der Waals surface area contributed by atoms with Gasteiger partial charge < -0.3 is 10.0 Å². The van der Waals surface area contributed by atoms with Crippen LogP contribution in [-0.2, 0) is 4.79 Å². The molecule has 0 saturated heterocycles. The zero-order chi connectivity index (χ0) is 11.5. The Hall–Kier alpha value is -1.38. The third-order valence-electron chi connectivity index (χ3n) is 1.32. The summed E-state index contributed by atoms with van der Waals surface area (Å²) in [6.07, 6.45) is -4.47. The molecule has 0 radical (unpaired) electrons. The van der Waals surface area contributed by atoms with E-state index in [2.05, 4.69) is 10.2 Å². The van der Waals surface area contributed by atoms with Gasteiger partial charge in [0.1, 0.15) is 18.6 Å². The van der Waals surface area contributed by atoms with Gasteiger partial charge in [-0.3, -0.25) is 4.79 Å². The SMILES string of the molecule is O=C(O)CN(CC(F)(F)F)c1nncs1. The Morgan fingerprint density at radius 2 is 2.27 bits per heavy atom. The normalized spacial score (nSPS) is 11.4. The lowest BCUT2D eigenvalue weighted by Gasteiger charge is -2.20. The topological polar surface area (TPSA) is 66.3 Å². The molecule has 84 valence electrons. The highest BCUT2D eigenvalue weighted by atomic mass is 32.1. The predicted molar refractivity (Wildman–Crippen MR) is 45.8 cm³/mol. The van der Waals surface area contributed by atoms with E-state index >= 15 is 0 Å². The summed E-state index contributed by atoms with van der Waals surface area (Å²) in [6, 6.07) is 0. The molecule has 0 bridgehead atoms. The molecule has 0 spiro atoms. The minimum absolute atomic E-state index is 0.0604. The average molecular weight is 241 g/mol. The summed E-state index contributed by atoms with van der Waals surface area (Å²) in [7, 11) is 0. The Bertz CT molecular complexity index is 327. The van der Waals surface area contributed by atoms with E-state index in [1.807, 2.05) is 0 Å². The van der Waals surface area contributed by atoms with Gasteiger partial charge in [-0.05, 0) is 0 Å². The van der Waals surface area contributed by atoms with Crippen molar-refractivity contribution < 1.29 is 23.1 Å². The van der Waals surface area contributed by atoms with Crippen LogP contribution in [0.25, 0.3) is 0 Å². The van der Waals surface area contributed by atoms with E-state index < -0.39 is 25.2 Å². The van der Waals surface area contributed by atoms with E-state index in [4.69, 9.17) is 5.11 Å². The van der Waals surface area contributed by atoms with Crippen molar-refractivity contribution in [2.24, 2.45) is 0 Å². The zero-order valence-electron chi connectivity index (χ0n) is 7.23. The van der Waals surface area contributed by atoms with Gasteiger partial charge in [-0.15, -0.1) is 10.2 Å². The maximum absolute atomic E-state index is 12.1. The molecule has 0 fully saturated rings. The van der Waals surface area contributed by atoms with Gasteiger partial charge in [0.15, 0.2) is 0 Å². The van der Waals surface area contributed by atoms with E-state index in [0.717, 1.165) is 11.3 Å². The number of hydrogen-bond acceptors (Lipinski definition) is 5. The van der Waals surface area contributed by atoms with Gasteiger partial charge in [0.2, 0.25) is 5.13 Å². The molecule has 1 rings (SSSR count). The Morgan fingerprint density at radius 1 is 1.60 bits per heavy atom. The number of aliphatic carboxylic acids is 1. The minimum Gasteiger partial charge on any atom is -0.480 e. The van der Waals surface area contributed by atoms with E-state index in [1.165, 1.54) is 5.51 Å². The number of halogens is 3. The first-order chi connectivity index (χ1) is 6.88. The van der Waals surface area contributed by atoms with Gasteiger partial charge in [-0.2, -0.15) is 13.2 Å². The lowest BCUT2D eigenvalue weighted by molar-refractivity contribution is -0.136. The smallest absolute Gasteiger partial charge is 0.406 e. The fraction of sp³-hybridized carbons (Fsp3) is 0.500. The Morgan fingerprint density at radius 3 is 2.67 bits per heavy atom. The molecule has 1 aromatic rings. The maximum Gasteiger partial charge on any atom is 0.406 e. The van der Waals surface area contributed by atoms with Crippen LogP contribution in [0.2, 0.25) is 0 Å².